The Morgan fingerprint density at radius 2 is 1.83 bits per heavy atom. The molecule has 184 valence electrons. The third-order valence-corrected chi connectivity index (χ3v) is 8.06. The summed E-state index contributed by atoms with van der Waals surface area (Å²) in [6.45, 7) is 0.768. The number of benzene rings is 2. The summed E-state index contributed by atoms with van der Waals surface area (Å²) in [6.07, 6.45) is 3.96. The summed E-state index contributed by atoms with van der Waals surface area (Å²) < 4.78 is 23.8. The predicted octanol–water partition coefficient (Wildman–Crippen LogP) is 3.15. The van der Waals surface area contributed by atoms with Crippen LogP contribution in [0.3, 0.4) is 0 Å². The molecule has 4 rings (SSSR count). The smallest absolute Gasteiger partial charge is 0.238 e. The van der Waals surface area contributed by atoms with Crippen LogP contribution >= 0.6 is 11.3 Å². The van der Waals surface area contributed by atoms with Gasteiger partial charge in [-0.2, -0.15) is 0 Å². The van der Waals surface area contributed by atoms with Gasteiger partial charge in [0.1, 0.15) is 5.01 Å². The van der Waals surface area contributed by atoms with E-state index < -0.39 is 10.0 Å². The molecular formula is C25H28N4O4S2. The van der Waals surface area contributed by atoms with Gasteiger partial charge in [0.25, 0.3) is 0 Å². The Morgan fingerprint density at radius 1 is 1.11 bits per heavy atom. The number of nitrogens with one attached hydrogen (secondary N) is 1. The summed E-state index contributed by atoms with van der Waals surface area (Å²) in [5.74, 6) is -0.804. The lowest BCUT2D eigenvalue weighted by Gasteiger charge is -2.24. The van der Waals surface area contributed by atoms with E-state index in [0.29, 0.717) is 31.5 Å². The lowest BCUT2D eigenvalue weighted by molar-refractivity contribution is -0.140. The van der Waals surface area contributed by atoms with Crippen LogP contribution in [-0.2, 0) is 32.7 Å². The molecule has 2 amide bonds. The van der Waals surface area contributed by atoms with E-state index in [1.54, 1.807) is 48.5 Å². The highest BCUT2D eigenvalue weighted by Crippen LogP contribution is 2.34. The Morgan fingerprint density at radius 3 is 2.51 bits per heavy atom. The number of carbonyl (C=O) groups excluding carboxylic acids is 2. The Balaban J connectivity index is 1.37. The zero-order valence-corrected chi connectivity index (χ0v) is 21.0. The monoisotopic (exact) mass is 512 g/mol. The standard InChI is InChI=1S/C25H28N4O4S2/c1-29(16-23-27-13-14-34-23)25(31)21-7-4-6-20(21)24(30)28-15-17-9-11-18(12-10-17)19-5-2-3-8-22(19)35(26,32)33/h2-3,5,8-14,20-21H,4,6-7,15-16H2,1H3,(H,28,30)(H2,26,32,33)/t20?,21-/m1/s1. The molecule has 1 heterocycles. The molecule has 8 nitrogen and oxygen atoms in total. The van der Waals surface area contributed by atoms with Crippen LogP contribution in [0.25, 0.3) is 11.1 Å². The van der Waals surface area contributed by atoms with Crippen LogP contribution in [0.5, 0.6) is 0 Å². The lowest BCUT2D eigenvalue weighted by Crippen LogP contribution is -2.40. The fraction of sp³-hybridized carbons (Fsp3) is 0.320. The number of thiazole rings is 1. The molecule has 1 aliphatic carbocycles. The van der Waals surface area contributed by atoms with Gasteiger partial charge in [0.05, 0.1) is 11.4 Å². The summed E-state index contributed by atoms with van der Waals surface area (Å²) in [5, 5.41) is 11.1. The van der Waals surface area contributed by atoms with E-state index in [1.807, 2.05) is 17.5 Å². The van der Waals surface area contributed by atoms with Crippen LogP contribution in [0.4, 0.5) is 0 Å². The molecule has 1 aliphatic rings. The maximum Gasteiger partial charge on any atom is 0.238 e. The molecule has 3 N–H and O–H groups in total. The zero-order chi connectivity index (χ0) is 25.0. The quantitative estimate of drug-likeness (QED) is 0.480. The number of aromatic nitrogens is 1. The maximum atomic E-state index is 13.0. The Bertz CT molecular complexity index is 1290. The molecule has 35 heavy (non-hydrogen) atoms. The number of carbonyl (C=O) groups is 2. The predicted molar refractivity (Wildman–Crippen MR) is 135 cm³/mol. The SMILES string of the molecule is CN(Cc1nccs1)C(=O)[C@@H]1CCCC1C(=O)NCc1ccc(-c2ccccc2S(N)(=O)=O)cc1. The van der Waals surface area contributed by atoms with Crippen molar-refractivity contribution < 1.29 is 18.0 Å². The van der Waals surface area contributed by atoms with Crippen LogP contribution in [0.2, 0.25) is 0 Å². The van der Waals surface area contributed by atoms with Gasteiger partial charge in [0.2, 0.25) is 21.8 Å². The van der Waals surface area contributed by atoms with Crippen molar-refractivity contribution in [3.8, 4) is 11.1 Å². The zero-order valence-electron chi connectivity index (χ0n) is 19.4. The molecule has 0 radical (unpaired) electrons. The number of sulfonamides is 1. The van der Waals surface area contributed by atoms with Crippen molar-refractivity contribution in [2.75, 3.05) is 7.05 Å². The summed E-state index contributed by atoms with van der Waals surface area (Å²) in [6, 6.07) is 13.9. The van der Waals surface area contributed by atoms with Gasteiger partial charge >= 0.3 is 0 Å². The molecule has 0 aliphatic heterocycles. The largest absolute Gasteiger partial charge is 0.352 e. The topological polar surface area (TPSA) is 122 Å². The van der Waals surface area contributed by atoms with E-state index in [-0.39, 0.29) is 28.5 Å². The Hall–Kier alpha value is -3.08. The van der Waals surface area contributed by atoms with Crippen molar-refractivity contribution in [3.63, 3.8) is 0 Å². The van der Waals surface area contributed by atoms with E-state index in [9.17, 15) is 18.0 Å². The Kier molecular flexibility index (Phi) is 7.63. The molecule has 10 heteroatoms. The Labute approximate surface area is 209 Å². The summed E-state index contributed by atoms with van der Waals surface area (Å²) in [5.41, 5.74) is 2.12. The lowest BCUT2D eigenvalue weighted by atomic mass is 9.93. The minimum absolute atomic E-state index is 0.0178. The maximum absolute atomic E-state index is 13.0. The van der Waals surface area contributed by atoms with Crippen molar-refractivity contribution in [2.24, 2.45) is 17.0 Å². The van der Waals surface area contributed by atoms with Gasteiger partial charge in [-0.15, -0.1) is 11.3 Å². The molecule has 2 atom stereocenters. The second kappa shape index (κ2) is 10.7. The van der Waals surface area contributed by atoms with E-state index in [1.165, 1.54) is 17.4 Å². The van der Waals surface area contributed by atoms with Gasteiger partial charge in [-0.25, -0.2) is 18.5 Å². The number of nitrogens with two attached hydrogens (primary N) is 1. The average Bonchev–Trinajstić information content (AvgIpc) is 3.54. The highest BCUT2D eigenvalue weighted by Gasteiger charge is 2.39. The first-order valence-corrected chi connectivity index (χ1v) is 13.8. The minimum Gasteiger partial charge on any atom is -0.352 e. The summed E-state index contributed by atoms with van der Waals surface area (Å²) >= 11 is 1.51. The van der Waals surface area contributed by atoms with Gasteiger partial charge in [-0.05, 0) is 30.0 Å². The van der Waals surface area contributed by atoms with Crippen LogP contribution in [-0.4, -0.2) is 37.2 Å². The fourth-order valence-corrected chi connectivity index (χ4v) is 5.97. The van der Waals surface area contributed by atoms with Crippen molar-refractivity contribution >= 4 is 33.2 Å². The molecule has 2 aromatic carbocycles. The minimum atomic E-state index is -3.85. The van der Waals surface area contributed by atoms with Crippen molar-refractivity contribution in [1.82, 2.24) is 15.2 Å². The number of nitrogens with zero attached hydrogens (tertiary/aromatic N) is 2. The van der Waals surface area contributed by atoms with Gasteiger partial charge in [-0.3, -0.25) is 9.59 Å². The van der Waals surface area contributed by atoms with Gasteiger partial charge in [0.15, 0.2) is 0 Å². The molecule has 1 fully saturated rings. The van der Waals surface area contributed by atoms with Crippen molar-refractivity contribution in [1.29, 1.82) is 0 Å². The molecule has 0 saturated heterocycles. The number of hydrogen-bond donors (Lipinski definition) is 2. The van der Waals surface area contributed by atoms with E-state index in [4.69, 9.17) is 5.14 Å². The van der Waals surface area contributed by atoms with Gasteiger partial charge in [0, 0.05) is 42.6 Å². The van der Waals surface area contributed by atoms with Crippen LogP contribution in [0, 0.1) is 11.8 Å². The number of primary sulfonamides is 1. The summed E-state index contributed by atoms with van der Waals surface area (Å²) in [4.78, 5) is 31.9. The molecule has 0 spiro atoms. The molecule has 1 saturated carbocycles. The third-order valence-electron chi connectivity index (χ3n) is 6.33. The van der Waals surface area contributed by atoms with Gasteiger partial charge in [-0.1, -0.05) is 48.9 Å². The first-order chi connectivity index (χ1) is 16.7. The number of rotatable bonds is 8. The highest BCUT2D eigenvalue weighted by molar-refractivity contribution is 7.89. The van der Waals surface area contributed by atoms with Crippen LogP contribution in [0.1, 0.15) is 29.8 Å². The molecular weight excluding hydrogens is 484 g/mol. The van der Waals surface area contributed by atoms with Crippen molar-refractivity contribution in [2.45, 2.75) is 37.2 Å². The highest BCUT2D eigenvalue weighted by atomic mass is 32.2. The summed E-state index contributed by atoms with van der Waals surface area (Å²) in [7, 11) is -2.09. The van der Waals surface area contributed by atoms with E-state index >= 15 is 0 Å². The number of hydrogen-bond acceptors (Lipinski definition) is 6. The normalized spacial score (nSPS) is 17.8. The molecule has 0 bridgehead atoms. The second-order valence-electron chi connectivity index (χ2n) is 8.72. The van der Waals surface area contributed by atoms with E-state index in [0.717, 1.165) is 22.6 Å². The van der Waals surface area contributed by atoms with Crippen LogP contribution in [0.15, 0.2) is 65.0 Å². The third kappa shape index (κ3) is 5.95. The molecule has 1 unspecified atom stereocenters. The van der Waals surface area contributed by atoms with Crippen molar-refractivity contribution in [3.05, 3.63) is 70.7 Å². The van der Waals surface area contributed by atoms with E-state index in [2.05, 4.69) is 10.3 Å². The molecule has 3 aromatic rings. The first-order valence-electron chi connectivity index (χ1n) is 11.4. The number of amides is 2. The average molecular weight is 513 g/mol. The fourth-order valence-electron chi connectivity index (χ4n) is 4.54. The second-order valence-corrected chi connectivity index (χ2v) is 11.2. The molecule has 1 aromatic heterocycles. The van der Waals surface area contributed by atoms with Crippen LogP contribution < -0.4 is 10.5 Å². The first kappa shape index (κ1) is 25.0. The van der Waals surface area contributed by atoms with Gasteiger partial charge < -0.3 is 10.2 Å².